The molecule has 0 aliphatic heterocycles. The monoisotopic (exact) mass is 495 g/mol. The smallest absolute Gasteiger partial charge is 0.244 e. The molecule has 1 aromatic heterocycles. The standard InChI is InChI=1S/C25H26ClN5O2S/c1-4-14-31-22(15-27-23(32)13-12-19-9-5-6-10-20(19)26)29-30-25(31)34-16-24(33)28-21-11-7-8-17(2)18(21)3/h4-13H,1,14-16H2,2-3H3,(H,27,32)(H,28,33)/b13-12+. The largest absolute Gasteiger partial charge is 0.345 e. The predicted molar refractivity (Wildman–Crippen MR) is 138 cm³/mol. The summed E-state index contributed by atoms with van der Waals surface area (Å²) in [6.07, 6.45) is 4.79. The maximum Gasteiger partial charge on any atom is 0.244 e. The second-order valence-corrected chi connectivity index (χ2v) is 8.80. The van der Waals surface area contributed by atoms with E-state index < -0.39 is 0 Å². The first-order valence-corrected chi connectivity index (χ1v) is 12.0. The molecule has 0 unspecified atom stereocenters. The van der Waals surface area contributed by atoms with Gasteiger partial charge in [-0.1, -0.05) is 59.8 Å². The summed E-state index contributed by atoms with van der Waals surface area (Å²) >= 11 is 7.38. The average Bonchev–Trinajstić information content (AvgIpc) is 3.20. The van der Waals surface area contributed by atoms with E-state index in [4.69, 9.17) is 11.6 Å². The second-order valence-electron chi connectivity index (χ2n) is 7.46. The van der Waals surface area contributed by atoms with Gasteiger partial charge in [-0.05, 0) is 48.7 Å². The lowest BCUT2D eigenvalue weighted by molar-refractivity contribution is -0.116. The minimum absolute atomic E-state index is 0.133. The third kappa shape index (κ3) is 6.82. The first-order chi connectivity index (χ1) is 16.4. The van der Waals surface area contributed by atoms with Crippen LogP contribution in [-0.2, 0) is 22.7 Å². The lowest BCUT2D eigenvalue weighted by atomic mass is 10.1. The van der Waals surface area contributed by atoms with E-state index in [1.54, 1.807) is 18.2 Å². The number of hydrogen-bond acceptors (Lipinski definition) is 5. The molecule has 2 aromatic carbocycles. The summed E-state index contributed by atoms with van der Waals surface area (Å²) in [5.74, 6) is 0.327. The Hall–Kier alpha value is -3.36. The zero-order valence-corrected chi connectivity index (χ0v) is 20.6. The summed E-state index contributed by atoms with van der Waals surface area (Å²) < 4.78 is 1.82. The Morgan fingerprint density at radius 3 is 2.71 bits per heavy atom. The van der Waals surface area contributed by atoms with Gasteiger partial charge in [0.25, 0.3) is 0 Å². The van der Waals surface area contributed by atoms with E-state index in [1.807, 2.05) is 54.8 Å². The van der Waals surface area contributed by atoms with Crippen LogP contribution in [0.2, 0.25) is 5.02 Å². The average molecular weight is 496 g/mol. The quantitative estimate of drug-likeness (QED) is 0.240. The molecule has 1 heterocycles. The summed E-state index contributed by atoms with van der Waals surface area (Å²) in [6, 6.07) is 13.1. The van der Waals surface area contributed by atoms with Crippen LogP contribution in [0.25, 0.3) is 6.08 Å². The highest BCUT2D eigenvalue weighted by Crippen LogP contribution is 2.21. The highest BCUT2D eigenvalue weighted by Gasteiger charge is 2.14. The van der Waals surface area contributed by atoms with E-state index in [1.165, 1.54) is 17.8 Å². The highest BCUT2D eigenvalue weighted by molar-refractivity contribution is 7.99. The van der Waals surface area contributed by atoms with Gasteiger partial charge >= 0.3 is 0 Å². The van der Waals surface area contributed by atoms with Crippen molar-refractivity contribution in [3.63, 3.8) is 0 Å². The van der Waals surface area contributed by atoms with Gasteiger partial charge < -0.3 is 15.2 Å². The van der Waals surface area contributed by atoms with Gasteiger partial charge in [-0.25, -0.2) is 0 Å². The van der Waals surface area contributed by atoms with Gasteiger partial charge in [0.2, 0.25) is 11.8 Å². The normalized spacial score (nSPS) is 10.9. The van der Waals surface area contributed by atoms with Gasteiger partial charge in [0.15, 0.2) is 11.0 Å². The number of hydrogen-bond donors (Lipinski definition) is 2. The molecule has 0 radical (unpaired) electrons. The molecule has 9 heteroatoms. The lowest BCUT2D eigenvalue weighted by Gasteiger charge is -2.11. The van der Waals surface area contributed by atoms with Crippen molar-refractivity contribution in [2.24, 2.45) is 0 Å². The van der Waals surface area contributed by atoms with Crippen LogP contribution in [0.5, 0.6) is 0 Å². The van der Waals surface area contributed by atoms with Gasteiger partial charge in [-0.2, -0.15) is 0 Å². The number of thioether (sulfide) groups is 1. The molecule has 0 saturated heterocycles. The number of nitrogens with one attached hydrogen (secondary N) is 2. The molecule has 2 amide bonds. The maximum absolute atomic E-state index is 12.5. The molecule has 0 atom stereocenters. The van der Waals surface area contributed by atoms with Gasteiger partial charge in [-0.15, -0.1) is 16.8 Å². The first kappa shape index (κ1) is 25.3. The van der Waals surface area contributed by atoms with Crippen LogP contribution in [0.15, 0.2) is 66.4 Å². The lowest BCUT2D eigenvalue weighted by Crippen LogP contribution is -2.23. The molecular weight excluding hydrogens is 470 g/mol. The molecule has 2 N–H and O–H groups in total. The molecule has 176 valence electrons. The Balaban J connectivity index is 1.58. The van der Waals surface area contributed by atoms with E-state index in [2.05, 4.69) is 27.4 Å². The third-order valence-corrected chi connectivity index (χ3v) is 6.37. The Morgan fingerprint density at radius 1 is 1.15 bits per heavy atom. The van der Waals surface area contributed by atoms with Crippen LogP contribution >= 0.6 is 23.4 Å². The predicted octanol–water partition coefficient (Wildman–Crippen LogP) is 4.79. The maximum atomic E-state index is 12.5. The number of anilines is 1. The summed E-state index contributed by atoms with van der Waals surface area (Å²) in [5, 5.41) is 15.2. The van der Waals surface area contributed by atoms with Crippen molar-refractivity contribution < 1.29 is 9.59 Å². The third-order valence-electron chi connectivity index (χ3n) is 5.06. The fraction of sp³-hybridized carbons (Fsp3) is 0.200. The number of allylic oxidation sites excluding steroid dienone is 1. The number of nitrogens with zero attached hydrogens (tertiary/aromatic N) is 3. The van der Waals surface area contributed by atoms with Gasteiger partial charge in [0.05, 0.1) is 12.3 Å². The van der Waals surface area contributed by atoms with E-state index in [9.17, 15) is 9.59 Å². The molecule has 0 bridgehead atoms. The van der Waals surface area contributed by atoms with Gasteiger partial charge in [0.1, 0.15) is 0 Å². The molecule has 3 rings (SSSR count). The van der Waals surface area contributed by atoms with E-state index in [0.29, 0.717) is 22.5 Å². The molecule has 0 saturated carbocycles. The van der Waals surface area contributed by atoms with Gasteiger partial charge in [0, 0.05) is 23.3 Å². The molecule has 0 spiro atoms. The van der Waals surface area contributed by atoms with Crippen molar-refractivity contribution in [3.05, 3.63) is 88.7 Å². The van der Waals surface area contributed by atoms with Crippen LogP contribution in [0.3, 0.4) is 0 Å². The Morgan fingerprint density at radius 2 is 1.94 bits per heavy atom. The molecule has 0 aliphatic rings. The van der Waals surface area contributed by atoms with E-state index in [0.717, 1.165) is 22.4 Å². The zero-order chi connectivity index (χ0) is 24.5. The van der Waals surface area contributed by atoms with E-state index >= 15 is 0 Å². The molecule has 7 nitrogen and oxygen atoms in total. The summed E-state index contributed by atoms with van der Waals surface area (Å²) in [7, 11) is 0. The van der Waals surface area contributed by atoms with Crippen molar-refractivity contribution >= 4 is 46.9 Å². The van der Waals surface area contributed by atoms with Crippen molar-refractivity contribution in [2.75, 3.05) is 11.1 Å². The number of carbonyl (C=O) groups excluding carboxylic acids is 2. The van der Waals surface area contributed by atoms with Crippen molar-refractivity contribution in [1.29, 1.82) is 0 Å². The summed E-state index contributed by atoms with van der Waals surface area (Å²) in [5.41, 5.74) is 3.71. The van der Waals surface area contributed by atoms with Crippen LogP contribution in [-0.4, -0.2) is 32.3 Å². The molecule has 0 fully saturated rings. The molecule has 34 heavy (non-hydrogen) atoms. The number of rotatable bonds is 10. The molecular formula is C25H26ClN5O2S. The molecule has 3 aromatic rings. The minimum Gasteiger partial charge on any atom is -0.345 e. The molecule has 0 aliphatic carbocycles. The number of benzene rings is 2. The topological polar surface area (TPSA) is 88.9 Å². The fourth-order valence-electron chi connectivity index (χ4n) is 3.07. The van der Waals surface area contributed by atoms with Crippen LogP contribution < -0.4 is 10.6 Å². The number of carbonyl (C=O) groups is 2. The van der Waals surface area contributed by atoms with Crippen LogP contribution in [0.4, 0.5) is 5.69 Å². The van der Waals surface area contributed by atoms with Crippen LogP contribution in [0.1, 0.15) is 22.5 Å². The SMILES string of the molecule is C=CCn1c(CNC(=O)/C=C/c2ccccc2Cl)nnc1SCC(=O)Nc1cccc(C)c1C. The fourth-order valence-corrected chi connectivity index (χ4v) is 4.04. The zero-order valence-electron chi connectivity index (χ0n) is 19.0. The first-order valence-electron chi connectivity index (χ1n) is 10.6. The van der Waals surface area contributed by atoms with Crippen molar-refractivity contribution in [2.45, 2.75) is 32.1 Å². The Bertz CT molecular complexity index is 1220. The number of amides is 2. The Labute approximate surface area is 208 Å². The second kappa shape index (κ2) is 12.2. The number of aromatic nitrogens is 3. The van der Waals surface area contributed by atoms with Gasteiger partial charge in [-0.3, -0.25) is 9.59 Å². The Kier molecular flexibility index (Phi) is 9.07. The summed E-state index contributed by atoms with van der Waals surface area (Å²) in [6.45, 7) is 8.39. The summed E-state index contributed by atoms with van der Waals surface area (Å²) in [4.78, 5) is 24.7. The van der Waals surface area contributed by atoms with Crippen molar-refractivity contribution in [3.8, 4) is 0 Å². The highest BCUT2D eigenvalue weighted by atomic mass is 35.5. The van der Waals surface area contributed by atoms with Crippen LogP contribution in [0, 0.1) is 13.8 Å². The van der Waals surface area contributed by atoms with Crippen molar-refractivity contribution in [1.82, 2.24) is 20.1 Å². The van der Waals surface area contributed by atoms with E-state index in [-0.39, 0.29) is 24.1 Å². The minimum atomic E-state index is -0.282. The number of halogens is 1. The number of aryl methyl sites for hydroxylation is 1.